The number of carbonyl (C=O) groups excluding carboxylic acids is 3. The van der Waals surface area contributed by atoms with Crippen molar-refractivity contribution in [3.8, 4) is 17.2 Å². The highest BCUT2D eigenvalue weighted by Gasteiger charge is 2.56. The number of nitrogens with zero attached hydrogens (tertiary/aromatic N) is 3. The lowest BCUT2D eigenvalue weighted by atomic mass is 9.70. The number of rotatable bonds is 8. The van der Waals surface area contributed by atoms with Gasteiger partial charge in [-0.1, -0.05) is 12.5 Å². The number of aryl methyl sites for hydroxylation is 1. The van der Waals surface area contributed by atoms with Gasteiger partial charge in [-0.05, 0) is 52.7 Å². The van der Waals surface area contributed by atoms with Gasteiger partial charge in [-0.3, -0.25) is 18.8 Å². The van der Waals surface area contributed by atoms with Gasteiger partial charge in [-0.2, -0.15) is 0 Å². The van der Waals surface area contributed by atoms with Crippen molar-refractivity contribution >= 4 is 23.0 Å². The maximum absolute atomic E-state index is 13.8. The monoisotopic (exact) mass is 530 g/mol. The molecule has 0 saturated carbocycles. The van der Waals surface area contributed by atoms with E-state index in [4.69, 9.17) is 4.74 Å². The lowest BCUT2D eigenvalue weighted by Gasteiger charge is -2.29. The average molecular weight is 531 g/mol. The number of benzene rings is 1. The first kappa shape index (κ1) is 26.1. The minimum Gasteiger partial charge on any atom is -0.507 e. The zero-order valence-corrected chi connectivity index (χ0v) is 22.3. The molecule has 3 N–H and O–H groups in total. The van der Waals surface area contributed by atoms with Crippen LogP contribution in [0.5, 0.6) is 17.2 Å². The van der Waals surface area contributed by atoms with E-state index in [0.29, 0.717) is 12.2 Å². The zero-order valence-electron chi connectivity index (χ0n) is 22.3. The number of fused-ring (bicyclic) bond motifs is 4. The van der Waals surface area contributed by atoms with E-state index in [1.165, 1.54) is 19.9 Å². The van der Waals surface area contributed by atoms with Crippen LogP contribution in [0.25, 0.3) is 5.65 Å². The summed E-state index contributed by atoms with van der Waals surface area (Å²) >= 11 is 0. The summed E-state index contributed by atoms with van der Waals surface area (Å²) in [6, 6.07) is 5.77. The highest BCUT2D eigenvalue weighted by molar-refractivity contribution is 6.31. The van der Waals surface area contributed by atoms with Gasteiger partial charge >= 0.3 is 0 Å². The number of nitrogens with one attached hydrogen (secondary N) is 1. The Morgan fingerprint density at radius 3 is 2.62 bits per heavy atom. The summed E-state index contributed by atoms with van der Waals surface area (Å²) in [4.78, 5) is 39.2. The number of ether oxygens (including phenoxy) is 1. The number of carbonyl (C=O) groups is 3. The number of aromatic nitrogens is 3. The van der Waals surface area contributed by atoms with E-state index in [1.54, 1.807) is 13.8 Å². The van der Waals surface area contributed by atoms with E-state index in [2.05, 4.69) is 15.5 Å². The van der Waals surface area contributed by atoms with Gasteiger partial charge in [-0.15, -0.1) is 10.2 Å². The fourth-order valence-electron chi connectivity index (χ4n) is 5.37. The molecule has 0 spiro atoms. The molecule has 10 heteroatoms. The van der Waals surface area contributed by atoms with E-state index < -0.39 is 28.5 Å². The summed E-state index contributed by atoms with van der Waals surface area (Å²) in [5.74, 6) is -1.46. The topological polar surface area (TPSA) is 143 Å². The number of phenols is 2. The van der Waals surface area contributed by atoms with Crippen molar-refractivity contribution in [1.29, 1.82) is 0 Å². The average Bonchev–Trinajstić information content (AvgIpc) is 3.44. The van der Waals surface area contributed by atoms with Gasteiger partial charge in [0.05, 0.1) is 11.1 Å². The third-order valence-corrected chi connectivity index (χ3v) is 7.61. The SMILES string of the molecule is CC(=O)c1c(O)c(C)c(O)c2c1OC1=CC(=O)C(=C(C)NCCCCCc3nnc4ccccn34)C(=O)[C@@]12C. The van der Waals surface area contributed by atoms with Gasteiger partial charge in [-0.25, -0.2) is 0 Å². The van der Waals surface area contributed by atoms with Crippen molar-refractivity contribution in [3.05, 3.63) is 70.0 Å². The van der Waals surface area contributed by atoms with Crippen LogP contribution in [-0.4, -0.2) is 48.7 Å². The molecule has 1 atom stereocenters. The van der Waals surface area contributed by atoms with Crippen molar-refractivity contribution in [2.45, 2.75) is 58.8 Å². The summed E-state index contributed by atoms with van der Waals surface area (Å²) in [6.45, 7) is 6.50. The van der Waals surface area contributed by atoms with Crippen LogP contribution in [0.1, 0.15) is 67.3 Å². The number of allylic oxidation sites excluding steroid dienone is 4. The molecule has 0 saturated heterocycles. The minimum absolute atomic E-state index is 0.0212. The van der Waals surface area contributed by atoms with E-state index in [1.807, 2.05) is 28.8 Å². The molecule has 2 aromatic heterocycles. The lowest BCUT2D eigenvalue weighted by Crippen LogP contribution is -2.41. The Kier molecular flexibility index (Phi) is 6.49. The summed E-state index contributed by atoms with van der Waals surface area (Å²) < 4.78 is 7.77. The van der Waals surface area contributed by atoms with Crippen molar-refractivity contribution in [3.63, 3.8) is 0 Å². The van der Waals surface area contributed by atoms with Crippen molar-refractivity contribution in [2.24, 2.45) is 0 Å². The highest BCUT2D eigenvalue weighted by Crippen LogP contribution is 2.57. The van der Waals surface area contributed by atoms with Gasteiger partial charge in [0.15, 0.2) is 23.0 Å². The van der Waals surface area contributed by atoms with Crippen molar-refractivity contribution < 1.29 is 29.3 Å². The molecular formula is C29H30N4O6. The Labute approximate surface area is 225 Å². The van der Waals surface area contributed by atoms with E-state index in [-0.39, 0.29) is 39.5 Å². The molecule has 1 aromatic carbocycles. The molecule has 1 aliphatic heterocycles. The number of phenolic OH excluding ortho intramolecular Hbond substituents is 2. The van der Waals surface area contributed by atoms with Crippen LogP contribution in [0.15, 0.2) is 47.5 Å². The second-order valence-corrected chi connectivity index (χ2v) is 10.2. The quantitative estimate of drug-likeness (QED) is 0.172. The molecule has 39 heavy (non-hydrogen) atoms. The predicted molar refractivity (Wildman–Crippen MR) is 142 cm³/mol. The van der Waals surface area contributed by atoms with Gasteiger partial charge in [0.1, 0.15) is 39.8 Å². The Morgan fingerprint density at radius 1 is 1.10 bits per heavy atom. The Morgan fingerprint density at radius 2 is 1.87 bits per heavy atom. The fraction of sp³-hybridized carbons (Fsp3) is 0.345. The lowest BCUT2D eigenvalue weighted by molar-refractivity contribution is -0.123. The number of hydrogen-bond acceptors (Lipinski definition) is 9. The van der Waals surface area contributed by atoms with E-state index in [9.17, 15) is 24.6 Å². The predicted octanol–water partition coefficient (Wildman–Crippen LogP) is 3.61. The second kappa shape index (κ2) is 9.68. The molecule has 0 amide bonds. The van der Waals surface area contributed by atoms with Crippen LogP contribution < -0.4 is 10.1 Å². The van der Waals surface area contributed by atoms with E-state index >= 15 is 0 Å². The summed E-state index contributed by atoms with van der Waals surface area (Å²) in [6.07, 6.45) is 6.59. The molecule has 0 unspecified atom stereocenters. The van der Waals surface area contributed by atoms with Gasteiger partial charge < -0.3 is 20.3 Å². The molecule has 0 radical (unpaired) electrons. The van der Waals surface area contributed by atoms with Crippen LogP contribution in [0.2, 0.25) is 0 Å². The van der Waals surface area contributed by atoms with Gasteiger partial charge in [0, 0.05) is 36.5 Å². The summed E-state index contributed by atoms with van der Waals surface area (Å²) in [5.41, 5.74) is -0.279. The van der Waals surface area contributed by atoms with Crippen LogP contribution in [-0.2, 0) is 21.4 Å². The third-order valence-electron chi connectivity index (χ3n) is 7.61. The van der Waals surface area contributed by atoms with Crippen LogP contribution >= 0.6 is 0 Å². The molecule has 3 aromatic rings. The molecule has 1 aliphatic carbocycles. The zero-order chi connectivity index (χ0) is 28.1. The summed E-state index contributed by atoms with van der Waals surface area (Å²) in [5, 5.41) is 33.0. The molecule has 2 aliphatic rings. The molecule has 3 heterocycles. The third kappa shape index (κ3) is 4.07. The molecule has 0 fully saturated rings. The molecule has 10 nitrogen and oxygen atoms in total. The molecule has 5 rings (SSSR count). The normalized spacial score (nSPS) is 19.4. The Balaban J connectivity index is 1.31. The van der Waals surface area contributed by atoms with Crippen molar-refractivity contribution in [1.82, 2.24) is 19.9 Å². The van der Waals surface area contributed by atoms with E-state index in [0.717, 1.165) is 37.2 Å². The first-order valence-electron chi connectivity index (χ1n) is 12.9. The van der Waals surface area contributed by atoms with Crippen LogP contribution in [0, 0.1) is 6.92 Å². The molecule has 202 valence electrons. The largest absolute Gasteiger partial charge is 0.507 e. The van der Waals surface area contributed by atoms with Crippen LogP contribution in [0.3, 0.4) is 0 Å². The maximum Gasteiger partial charge on any atom is 0.194 e. The number of Topliss-reactive ketones (excluding diaryl/α,β-unsaturated/α-hetero) is 2. The Bertz CT molecular complexity index is 1620. The molecule has 0 bridgehead atoms. The molecular weight excluding hydrogens is 500 g/mol. The second-order valence-electron chi connectivity index (χ2n) is 10.2. The number of ketones is 3. The smallest absolute Gasteiger partial charge is 0.194 e. The number of unbranched alkanes of at least 4 members (excludes halogenated alkanes) is 2. The summed E-state index contributed by atoms with van der Waals surface area (Å²) in [7, 11) is 0. The first-order chi connectivity index (χ1) is 18.6. The Hall–Kier alpha value is -4.47. The van der Waals surface area contributed by atoms with Gasteiger partial charge in [0.2, 0.25) is 0 Å². The number of pyridine rings is 1. The fourth-order valence-corrected chi connectivity index (χ4v) is 5.37. The number of aromatic hydroxyl groups is 2. The highest BCUT2D eigenvalue weighted by atomic mass is 16.5. The standard InChI is InChI=1S/C29H30N4O6/c1-15-25(36)23(17(3)34)27-24(26(15)37)29(4)19(39-27)14-18(35)22(28(29)38)16(2)30-12-8-5-6-10-20-31-32-21-11-7-9-13-33(20)21/h7,9,11,13-14,30,36-37H,5-6,8,10,12H2,1-4H3/t29-/m0/s1. The first-order valence-corrected chi connectivity index (χ1v) is 12.9. The maximum atomic E-state index is 13.8. The van der Waals surface area contributed by atoms with Gasteiger partial charge in [0.25, 0.3) is 0 Å². The minimum atomic E-state index is -1.52. The number of hydrogen-bond donors (Lipinski definition) is 3. The van der Waals surface area contributed by atoms with Crippen molar-refractivity contribution in [2.75, 3.05) is 6.54 Å². The van der Waals surface area contributed by atoms with Crippen LogP contribution in [0.4, 0.5) is 0 Å².